The number of carbonyl (C=O) groups excluding carboxylic acids is 2. The third kappa shape index (κ3) is 1.98. The van der Waals surface area contributed by atoms with E-state index in [1.807, 2.05) is 78.9 Å². The number of imide groups is 1. The van der Waals surface area contributed by atoms with E-state index < -0.39 is 21.6 Å². The Morgan fingerprint density at radius 3 is 1.40 bits per heavy atom. The minimum Gasteiger partial charge on any atom is -0.277 e. The van der Waals surface area contributed by atoms with Gasteiger partial charge < -0.3 is 0 Å². The van der Waals surface area contributed by atoms with Crippen molar-refractivity contribution in [1.29, 1.82) is 0 Å². The van der Waals surface area contributed by atoms with Crippen LogP contribution in [0.5, 0.6) is 0 Å². The zero-order valence-electron chi connectivity index (χ0n) is 15.9. The van der Waals surface area contributed by atoms with Crippen LogP contribution in [0, 0.1) is 11.8 Å². The summed E-state index contributed by atoms with van der Waals surface area (Å²) < 4.78 is 0. The third-order valence-electron chi connectivity index (χ3n) is 6.86. The van der Waals surface area contributed by atoms with Crippen LogP contribution in [0.3, 0.4) is 0 Å². The van der Waals surface area contributed by atoms with Gasteiger partial charge in [-0.15, -0.1) is 23.2 Å². The molecule has 7 rings (SSSR count). The SMILES string of the molecule is O=C1[C@@H]2[C@@H](C(=O)N1Cc1ccccc1)C1(Cl)c3ccccc3C2(Cl)c2ccccc21. The summed E-state index contributed by atoms with van der Waals surface area (Å²) in [6.45, 7) is 0.220. The summed E-state index contributed by atoms with van der Waals surface area (Å²) in [7, 11) is 0. The predicted octanol–water partition coefficient (Wildman–Crippen LogP) is 4.78. The molecule has 1 aliphatic heterocycles. The molecule has 3 aromatic carbocycles. The fourth-order valence-electron chi connectivity index (χ4n) is 5.65. The highest BCUT2D eigenvalue weighted by atomic mass is 35.5. The normalized spacial score (nSPS) is 30.8. The minimum atomic E-state index is -1.12. The number of benzene rings is 3. The van der Waals surface area contributed by atoms with E-state index in [1.54, 1.807) is 0 Å². The van der Waals surface area contributed by atoms with Crippen molar-refractivity contribution >= 4 is 35.0 Å². The molecule has 148 valence electrons. The molecule has 0 spiro atoms. The highest BCUT2D eigenvalue weighted by Gasteiger charge is 2.72. The van der Waals surface area contributed by atoms with Crippen molar-refractivity contribution in [3.63, 3.8) is 0 Å². The zero-order chi connectivity index (χ0) is 20.7. The molecule has 0 N–H and O–H groups in total. The first kappa shape index (κ1) is 18.2. The lowest BCUT2D eigenvalue weighted by atomic mass is 9.54. The molecule has 3 aromatic rings. The highest BCUT2D eigenvalue weighted by molar-refractivity contribution is 6.35. The molecule has 2 amide bonds. The first-order chi connectivity index (χ1) is 14.5. The van der Waals surface area contributed by atoms with Crippen LogP contribution in [0.15, 0.2) is 78.9 Å². The molecule has 1 saturated heterocycles. The van der Waals surface area contributed by atoms with Gasteiger partial charge in [-0.3, -0.25) is 14.5 Å². The van der Waals surface area contributed by atoms with Crippen molar-refractivity contribution in [2.45, 2.75) is 16.3 Å². The number of carbonyl (C=O) groups is 2. The lowest BCUT2D eigenvalue weighted by Gasteiger charge is -2.54. The van der Waals surface area contributed by atoms with Crippen LogP contribution in [0.25, 0.3) is 0 Å². The maximum atomic E-state index is 13.7. The van der Waals surface area contributed by atoms with E-state index in [1.165, 1.54) is 4.90 Å². The molecular formula is C25H17Cl2NO2. The predicted molar refractivity (Wildman–Crippen MR) is 115 cm³/mol. The smallest absolute Gasteiger partial charge is 0.235 e. The fourth-order valence-corrected chi connectivity index (χ4v) is 6.74. The fraction of sp³-hybridized carbons (Fsp3) is 0.200. The second kappa shape index (κ2) is 5.96. The minimum absolute atomic E-state index is 0.220. The molecule has 2 bridgehead atoms. The van der Waals surface area contributed by atoms with Crippen molar-refractivity contribution in [3.8, 4) is 0 Å². The number of amides is 2. The van der Waals surface area contributed by atoms with Gasteiger partial charge in [0.15, 0.2) is 0 Å². The van der Waals surface area contributed by atoms with Gasteiger partial charge in [-0.1, -0.05) is 78.9 Å². The Morgan fingerprint density at radius 1 is 0.633 bits per heavy atom. The number of alkyl halides is 2. The molecule has 0 radical (unpaired) electrons. The van der Waals surface area contributed by atoms with Gasteiger partial charge in [-0.25, -0.2) is 0 Å². The molecule has 1 fully saturated rings. The lowest BCUT2D eigenvalue weighted by Crippen LogP contribution is -2.57. The van der Waals surface area contributed by atoms with E-state index in [0.717, 1.165) is 27.8 Å². The van der Waals surface area contributed by atoms with Crippen LogP contribution in [0.4, 0.5) is 0 Å². The topological polar surface area (TPSA) is 37.4 Å². The first-order valence-electron chi connectivity index (χ1n) is 9.96. The Labute approximate surface area is 184 Å². The lowest BCUT2D eigenvalue weighted by molar-refractivity contribution is -0.140. The molecule has 0 aromatic heterocycles. The summed E-state index contributed by atoms with van der Waals surface area (Å²) in [6.07, 6.45) is 0. The van der Waals surface area contributed by atoms with E-state index in [9.17, 15) is 9.59 Å². The third-order valence-corrected chi connectivity index (χ3v) is 8.14. The van der Waals surface area contributed by atoms with Gasteiger partial charge in [-0.2, -0.15) is 0 Å². The van der Waals surface area contributed by atoms with Crippen molar-refractivity contribution < 1.29 is 9.59 Å². The Balaban J connectivity index is 1.59. The van der Waals surface area contributed by atoms with Gasteiger partial charge in [0.05, 0.1) is 18.4 Å². The van der Waals surface area contributed by atoms with Gasteiger partial charge in [0, 0.05) is 0 Å². The van der Waals surface area contributed by atoms with Crippen molar-refractivity contribution in [2.75, 3.05) is 0 Å². The average molecular weight is 434 g/mol. The second-order valence-electron chi connectivity index (χ2n) is 8.22. The number of halogens is 2. The Morgan fingerprint density at radius 2 is 1.00 bits per heavy atom. The summed E-state index contributed by atoms with van der Waals surface area (Å²) in [5.74, 6) is -1.98. The molecule has 0 unspecified atom stereocenters. The Kier molecular flexibility index (Phi) is 3.61. The average Bonchev–Trinajstić information content (AvgIpc) is 3.04. The van der Waals surface area contributed by atoms with E-state index >= 15 is 0 Å². The largest absolute Gasteiger partial charge is 0.277 e. The maximum Gasteiger partial charge on any atom is 0.235 e. The number of rotatable bonds is 2. The molecule has 0 saturated carbocycles. The summed E-state index contributed by atoms with van der Waals surface area (Å²) in [5, 5.41) is 0. The molecule has 1 heterocycles. The summed E-state index contributed by atoms with van der Waals surface area (Å²) >= 11 is 14.8. The van der Waals surface area contributed by atoms with Gasteiger partial charge in [-0.05, 0) is 27.8 Å². The molecular weight excluding hydrogens is 417 g/mol. The van der Waals surface area contributed by atoms with E-state index in [0.29, 0.717) is 0 Å². The maximum absolute atomic E-state index is 13.7. The summed E-state index contributed by atoms with van der Waals surface area (Å²) in [4.78, 5) is 26.5. The van der Waals surface area contributed by atoms with Crippen LogP contribution < -0.4 is 0 Å². The molecule has 4 aliphatic rings. The van der Waals surface area contributed by atoms with Crippen molar-refractivity contribution in [3.05, 3.63) is 107 Å². The summed E-state index contributed by atoms with van der Waals surface area (Å²) in [5.41, 5.74) is 4.19. The van der Waals surface area contributed by atoms with Crippen molar-refractivity contribution in [2.24, 2.45) is 11.8 Å². The van der Waals surface area contributed by atoms with Crippen LogP contribution in [0.2, 0.25) is 0 Å². The van der Waals surface area contributed by atoms with Crippen LogP contribution >= 0.6 is 23.2 Å². The van der Waals surface area contributed by atoms with Crippen molar-refractivity contribution in [1.82, 2.24) is 4.90 Å². The summed E-state index contributed by atoms with van der Waals surface area (Å²) in [6, 6.07) is 24.9. The Hall–Kier alpha value is -2.62. The monoisotopic (exact) mass is 433 g/mol. The van der Waals surface area contributed by atoms with Gasteiger partial charge in [0.25, 0.3) is 0 Å². The molecule has 30 heavy (non-hydrogen) atoms. The number of hydrogen-bond donors (Lipinski definition) is 0. The molecule has 3 nitrogen and oxygen atoms in total. The molecule has 2 atom stereocenters. The van der Waals surface area contributed by atoms with E-state index in [4.69, 9.17) is 23.2 Å². The van der Waals surface area contributed by atoms with Crippen LogP contribution in [-0.2, 0) is 25.9 Å². The number of hydrogen-bond acceptors (Lipinski definition) is 2. The van der Waals surface area contributed by atoms with E-state index in [2.05, 4.69) is 0 Å². The van der Waals surface area contributed by atoms with E-state index in [-0.39, 0.29) is 18.4 Å². The second-order valence-corrected chi connectivity index (χ2v) is 9.41. The van der Waals surface area contributed by atoms with Crippen LogP contribution in [0.1, 0.15) is 27.8 Å². The highest BCUT2D eigenvalue weighted by Crippen LogP contribution is 2.69. The number of nitrogens with zero attached hydrogens (tertiary/aromatic N) is 1. The standard InChI is InChI=1S/C25H17Cl2NO2/c26-24-16-10-4-5-11-17(16)25(27,19-13-7-6-12-18(19)24)21-20(24)22(29)28(23(21)30)14-15-8-2-1-3-9-15/h1-13,20-21H,14H2/t20-,21-,24?,25?/m0/s1. The molecule has 5 heteroatoms. The first-order valence-corrected chi connectivity index (χ1v) is 10.7. The van der Waals surface area contributed by atoms with Crippen LogP contribution in [-0.4, -0.2) is 16.7 Å². The Bertz CT molecular complexity index is 1100. The molecule has 3 aliphatic carbocycles. The van der Waals surface area contributed by atoms with Gasteiger partial charge >= 0.3 is 0 Å². The van der Waals surface area contributed by atoms with Gasteiger partial charge in [0.2, 0.25) is 11.8 Å². The zero-order valence-corrected chi connectivity index (χ0v) is 17.4. The number of likely N-dealkylation sites (tertiary alicyclic amines) is 1. The van der Waals surface area contributed by atoms with Gasteiger partial charge in [0.1, 0.15) is 9.75 Å². The quantitative estimate of drug-likeness (QED) is 0.430.